The van der Waals surface area contributed by atoms with Gasteiger partial charge in [-0.25, -0.2) is 0 Å². The number of alkyl halides is 1. The molecule has 16 heavy (non-hydrogen) atoms. The van der Waals surface area contributed by atoms with Crippen LogP contribution in [0.1, 0.15) is 45.2 Å². The highest BCUT2D eigenvalue weighted by Gasteiger charge is 2.17. The van der Waals surface area contributed by atoms with Crippen molar-refractivity contribution in [2.24, 2.45) is 0 Å². The molecule has 1 heteroatoms. The molecule has 0 N–H and O–H groups in total. The van der Waals surface area contributed by atoms with Crippen LogP contribution in [0.15, 0.2) is 30.3 Å². The van der Waals surface area contributed by atoms with Crippen LogP contribution < -0.4 is 0 Å². The van der Waals surface area contributed by atoms with Crippen molar-refractivity contribution in [2.75, 3.05) is 5.33 Å². The van der Waals surface area contributed by atoms with Crippen LogP contribution in [0, 0.1) is 0 Å². The summed E-state index contributed by atoms with van der Waals surface area (Å²) in [6.45, 7) is 8.98. The average molecular weight is 281 g/mol. The largest absolute Gasteiger partial charge is 0.0883 e. The first-order valence-electron chi connectivity index (χ1n) is 5.85. The van der Waals surface area contributed by atoms with Crippen LogP contribution in [0.4, 0.5) is 0 Å². The monoisotopic (exact) mass is 280 g/mol. The Morgan fingerprint density at radius 2 is 1.81 bits per heavy atom. The molecule has 0 unspecified atom stereocenters. The van der Waals surface area contributed by atoms with Crippen molar-refractivity contribution in [3.8, 4) is 0 Å². The quantitative estimate of drug-likeness (QED) is 0.668. The van der Waals surface area contributed by atoms with Gasteiger partial charge in [0.25, 0.3) is 0 Å². The standard InChI is InChI=1S/C15H21Br/c1-5-15(3,4)14-8-6-13(7-9-14)12(2)10-11-16/h6-10H,5,11H2,1-4H3. The number of benzene rings is 1. The van der Waals surface area contributed by atoms with E-state index < -0.39 is 0 Å². The fraction of sp³-hybridized carbons (Fsp3) is 0.467. The minimum Gasteiger partial charge on any atom is -0.0883 e. The molecule has 0 nitrogen and oxygen atoms in total. The molecule has 1 aromatic rings. The van der Waals surface area contributed by atoms with Gasteiger partial charge in [0.15, 0.2) is 0 Å². The maximum absolute atomic E-state index is 3.43. The van der Waals surface area contributed by atoms with Gasteiger partial charge >= 0.3 is 0 Å². The van der Waals surface area contributed by atoms with Crippen LogP contribution in [0.5, 0.6) is 0 Å². The summed E-state index contributed by atoms with van der Waals surface area (Å²) in [6.07, 6.45) is 3.36. The summed E-state index contributed by atoms with van der Waals surface area (Å²) in [5, 5.41) is 0.918. The second kappa shape index (κ2) is 5.67. The van der Waals surface area contributed by atoms with Gasteiger partial charge in [-0.2, -0.15) is 0 Å². The van der Waals surface area contributed by atoms with E-state index in [-0.39, 0.29) is 5.41 Å². The molecule has 88 valence electrons. The van der Waals surface area contributed by atoms with Crippen LogP contribution in [0.2, 0.25) is 0 Å². The summed E-state index contributed by atoms with van der Waals surface area (Å²) in [4.78, 5) is 0. The van der Waals surface area contributed by atoms with Gasteiger partial charge in [0, 0.05) is 5.33 Å². The van der Waals surface area contributed by atoms with Crippen LogP contribution in [0.3, 0.4) is 0 Å². The second-order valence-corrected chi connectivity index (χ2v) is 5.50. The number of halogens is 1. The summed E-state index contributed by atoms with van der Waals surface area (Å²) in [7, 11) is 0. The SMILES string of the molecule is CCC(C)(C)c1ccc(C(C)=CCBr)cc1. The van der Waals surface area contributed by atoms with Gasteiger partial charge in [0.1, 0.15) is 0 Å². The van der Waals surface area contributed by atoms with Crippen molar-refractivity contribution >= 4 is 21.5 Å². The summed E-state index contributed by atoms with van der Waals surface area (Å²) >= 11 is 3.43. The van der Waals surface area contributed by atoms with Gasteiger partial charge in [-0.3, -0.25) is 0 Å². The number of hydrogen-bond donors (Lipinski definition) is 0. The molecule has 0 aliphatic heterocycles. The molecule has 0 aliphatic carbocycles. The summed E-state index contributed by atoms with van der Waals surface area (Å²) in [5.41, 5.74) is 4.35. The highest BCUT2D eigenvalue weighted by Crippen LogP contribution is 2.27. The van der Waals surface area contributed by atoms with Gasteiger partial charge in [-0.1, -0.05) is 67.0 Å². The predicted octanol–water partition coefficient (Wildman–Crippen LogP) is 5.17. The van der Waals surface area contributed by atoms with Crippen LogP contribution in [-0.2, 0) is 5.41 Å². The maximum Gasteiger partial charge on any atom is 0.0217 e. The molecule has 0 saturated carbocycles. The predicted molar refractivity (Wildman–Crippen MR) is 77.2 cm³/mol. The van der Waals surface area contributed by atoms with E-state index in [1.807, 2.05) is 0 Å². The molecule has 0 heterocycles. The molecule has 0 aromatic heterocycles. The fourth-order valence-electron chi connectivity index (χ4n) is 1.62. The van der Waals surface area contributed by atoms with Gasteiger partial charge in [-0.05, 0) is 35.5 Å². The molecule has 0 saturated heterocycles. The van der Waals surface area contributed by atoms with Gasteiger partial charge in [0.05, 0.1) is 0 Å². The number of rotatable bonds is 4. The van der Waals surface area contributed by atoms with Crippen LogP contribution >= 0.6 is 15.9 Å². The first-order chi connectivity index (χ1) is 7.51. The maximum atomic E-state index is 3.43. The van der Waals surface area contributed by atoms with E-state index in [0.29, 0.717) is 0 Å². The Labute approximate surface area is 108 Å². The Hall–Kier alpha value is -0.560. The van der Waals surface area contributed by atoms with E-state index in [9.17, 15) is 0 Å². The first-order valence-corrected chi connectivity index (χ1v) is 6.97. The third kappa shape index (κ3) is 3.21. The van der Waals surface area contributed by atoms with E-state index in [4.69, 9.17) is 0 Å². The Balaban J connectivity index is 2.96. The van der Waals surface area contributed by atoms with E-state index in [1.165, 1.54) is 23.1 Å². The van der Waals surface area contributed by atoms with Crippen molar-refractivity contribution < 1.29 is 0 Å². The lowest BCUT2D eigenvalue weighted by Gasteiger charge is -2.23. The lowest BCUT2D eigenvalue weighted by atomic mass is 9.82. The van der Waals surface area contributed by atoms with E-state index in [2.05, 4.69) is 74.0 Å². The molecule has 0 fully saturated rings. The first kappa shape index (κ1) is 13.5. The molecule has 0 spiro atoms. The Kier molecular flexibility index (Phi) is 4.79. The lowest BCUT2D eigenvalue weighted by molar-refractivity contribution is 0.506. The zero-order valence-corrected chi connectivity index (χ0v) is 12.3. The third-order valence-electron chi connectivity index (χ3n) is 3.39. The Morgan fingerprint density at radius 3 is 2.25 bits per heavy atom. The Bertz CT molecular complexity index is 358. The summed E-state index contributed by atoms with van der Waals surface area (Å²) < 4.78 is 0. The zero-order chi connectivity index (χ0) is 12.2. The van der Waals surface area contributed by atoms with Gasteiger partial charge < -0.3 is 0 Å². The fourth-order valence-corrected chi connectivity index (χ4v) is 2.11. The van der Waals surface area contributed by atoms with Crippen molar-refractivity contribution in [1.82, 2.24) is 0 Å². The molecule has 0 amide bonds. The van der Waals surface area contributed by atoms with Crippen molar-refractivity contribution in [1.29, 1.82) is 0 Å². The highest BCUT2D eigenvalue weighted by molar-refractivity contribution is 9.09. The van der Waals surface area contributed by atoms with Crippen LogP contribution in [0.25, 0.3) is 5.57 Å². The minimum absolute atomic E-state index is 0.283. The topological polar surface area (TPSA) is 0 Å². The number of allylic oxidation sites excluding steroid dienone is 2. The van der Waals surface area contributed by atoms with Gasteiger partial charge in [-0.15, -0.1) is 0 Å². The molecule has 1 aromatic carbocycles. The smallest absolute Gasteiger partial charge is 0.0217 e. The molecule has 0 radical (unpaired) electrons. The Morgan fingerprint density at radius 1 is 1.25 bits per heavy atom. The highest BCUT2D eigenvalue weighted by atomic mass is 79.9. The van der Waals surface area contributed by atoms with Gasteiger partial charge in [0.2, 0.25) is 0 Å². The van der Waals surface area contributed by atoms with E-state index in [1.54, 1.807) is 0 Å². The van der Waals surface area contributed by atoms with Crippen LogP contribution in [-0.4, -0.2) is 5.33 Å². The van der Waals surface area contributed by atoms with E-state index >= 15 is 0 Å². The molecule has 1 rings (SSSR count). The summed E-state index contributed by atoms with van der Waals surface area (Å²) in [6, 6.07) is 8.96. The lowest BCUT2D eigenvalue weighted by Crippen LogP contribution is -2.15. The second-order valence-electron chi connectivity index (χ2n) is 4.86. The zero-order valence-electron chi connectivity index (χ0n) is 10.7. The normalized spacial score (nSPS) is 12.9. The van der Waals surface area contributed by atoms with E-state index in [0.717, 1.165) is 5.33 Å². The molecule has 0 atom stereocenters. The average Bonchev–Trinajstić information content (AvgIpc) is 2.29. The molecular formula is C15H21Br. The van der Waals surface area contributed by atoms with Crippen molar-refractivity contribution in [3.63, 3.8) is 0 Å². The molecule has 0 aliphatic rings. The number of hydrogen-bond acceptors (Lipinski definition) is 0. The van der Waals surface area contributed by atoms with Crippen molar-refractivity contribution in [3.05, 3.63) is 41.5 Å². The minimum atomic E-state index is 0.283. The molecule has 0 bridgehead atoms. The summed E-state index contributed by atoms with van der Waals surface area (Å²) in [5.74, 6) is 0. The third-order valence-corrected chi connectivity index (χ3v) is 3.71. The van der Waals surface area contributed by atoms with Crippen molar-refractivity contribution in [2.45, 2.75) is 39.5 Å². The molecular weight excluding hydrogens is 260 g/mol.